The number of rotatable bonds is 23. The average molecular weight is 1390 g/mol. The van der Waals surface area contributed by atoms with Crippen molar-refractivity contribution < 1.29 is 76.9 Å². The van der Waals surface area contributed by atoms with E-state index in [4.69, 9.17) is 14.2 Å². The molecule has 14 atom stereocenters. The van der Waals surface area contributed by atoms with Crippen LogP contribution < -0.4 is 26.6 Å². The first-order valence-corrected chi connectivity index (χ1v) is 35.5. The van der Waals surface area contributed by atoms with Gasteiger partial charge in [0.2, 0.25) is 65.0 Å². The SMILES string of the molecule is CC[C@@H]1NC(=O)[C@H]([C@H](O)[C@H](C)CCCCC(=O)OC)NC(=O)[C@H](C(C)C)N(C)C(=O)[C@H](CC(C)C)N(C)C(=O)[C@H](CC(C)C)N(C)C(=O)[C@@H](C)NC(=O)[C@H](C)NC(=O)[C@H](CC(C)C)N(C)C(=O)[C@H](C(C)C)NC(=O)[C@H]([C@@H](C)OCCCCN2CCOCC2)N(C)C(=O)[C@@H](C)N(C)C1=O. The number of hydrogen-bond donors (Lipinski definition) is 6. The Morgan fingerprint density at radius 1 is 0.510 bits per heavy atom. The van der Waals surface area contributed by atoms with Gasteiger partial charge in [-0.3, -0.25) is 62.4 Å². The molecule has 98 heavy (non-hydrogen) atoms. The van der Waals surface area contributed by atoms with Crippen LogP contribution >= 0.6 is 0 Å². The Morgan fingerprint density at radius 2 is 1.00 bits per heavy atom. The number of carbonyl (C=O) groups excluding carboxylic acids is 12. The second kappa shape index (κ2) is 41.9. The summed E-state index contributed by atoms with van der Waals surface area (Å²) in [6.45, 7) is 31.0. The molecule has 0 aliphatic carbocycles. The van der Waals surface area contributed by atoms with E-state index in [-0.39, 0.29) is 62.9 Å². The van der Waals surface area contributed by atoms with Crippen molar-refractivity contribution in [3.8, 4) is 0 Å². The summed E-state index contributed by atoms with van der Waals surface area (Å²) in [6, 6.07) is -14.5. The summed E-state index contributed by atoms with van der Waals surface area (Å²) in [7, 11) is 9.71. The highest BCUT2D eigenvalue weighted by molar-refractivity contribution is 6.00. The lowest BCUT2D eigenvalue weighted by molar-refractivity contribution is -0.154. The second-order valence-electron chi connectivity index (χ2n) is 29.1. The Balaban J connectivity index is 2.99. The molecule has 562 valence electrons. The number of carbonyl (C=O) groups is 12. The second-order valence-corrected chi connectivity index (χ2v) is 29.1. The van der Waals surface area contributed by atoms with Crippen LogP contribution in [0.3, 0.4) is 0 Å². The highest BCUT2D eigenvalue weighted by atomic mass is 16.5. The fourth-order valence-electron chi connectivity index (χ4n) is 12.5. The van der Waals surface area contributed by atoms with Gasteiger partial charge in [-0.05, 0) is 121 Å². The first-order valence-electron chi connectivity index (χ1n) is 35.5. The minimum atomic E-state index is -1.76. The highest BCUT2D eigenvalue weighted by Crippen LogP contribution is 2.25. The third kappa shape index (κ3) is 25.9. The van der Waals surface area contributed by atoms with Crippen LogP contribution in [0.15, 0.2) is 0 Å². The number of aliphatic hydroxyl groups is 1. The van der Waals surface area contributed by atoms with Crippen LogP contribution in [-0.4, -0.2) is 278 Å². The van der Waals surface area contributed by atoms with Crippen molar-refractivity contribution in [2.24, 2.45) is 35.5 Å². The molecule has 0 spiro atoms. The maximum absolute atomic E-state index is 15.2. The number of methoxy groups -OCH3 is 1. The van der Waals surface area contributed by atoms with Crippen LogP contribution in [0.1, 0.15) is 175 Å². The minimum Gasteiger partial charge on any atom is -0.469 e. The highest BCUT2D eigenvalue weighted by Gasteiger charge is 2.45. The van der Waals surface area contributed by atoms with E-state index in [0.29, 0.717) is 32.5 Å². The van der Waals surface area contributed by atoms with E-state index in [1.165, 1.54) is 89.8 Å². The summed E-state index contributed by atoms with van der Waals surface area (Å²) in [4.78, 5) is 184. The lowest BCUT2D eigenvalue weighted by atomic mass is 9.91. The third-order valence-corrected chi connectivity index (χ3v) is 18.9. The predicted octanol–water partition coefficient (Wildman–Crippen LogP) is 2.55. The summed E-state index contributed by atoms with van der Waals surface area (Å²) >= 11 is 0. The number of aliphatic hydroxyl groups excluding tert-OH is 1. The number of nitrogens with zero attached hydrogens (tertiary/aromatic N) is 7. The number of amides is 11. The molecule has 0 saturated carbocycles. The molecule has 2 heterocycles. The first kappa shape index (κ1) is 87.6. The molecule has 2 fully saturated rings. The number of unbranched alkanes of at least 4 members (excludes halogenated alkanes) is 2. The molecule has 28 heteroatoms. The molecule has 6 N–H and O–H groups in total. The van der Waals surface area contributed by atoms with Gasteiger partial charge in [-0.2, -0.15) is 0 Å². The van der Waals surface area contributed by atoms with Gasteiger partial charge in [0, 0.05) is 68.4 Å². The first-order chi connectivity index (χ1) is 45.7. The van der Waals surface area contributed by atoms with Crippen LogP contribution in [0, 0.1) is 35.5 Å². The zero-order valence-corrected chi connectivity index (χ0v) is 63.5. The molecule has 0 bridgehead atoms. The fourth-order valence-corrected chi connectivity index (χ4v) is 12.5. The summed E-state index contributed by atoms with van der Waals surface area (Å²) in [5, 5.41) is 25.9. The van der Waals surface area contributed by atoms with Gasteiger partial charge < -0.3 is 75.3 Å². The van der Waals surface area contributed by atoms with Gasteiger partial charge in [-0.25, -0.2) is 0 Å². The van der Waals surface area contributed by atoms with Gasteiger partial charge in [-0.15, -0.1) is 0 Å². The van der Waals surface area contributed by atoms with Gasteiger partial charge in [0.05, 0.1) is 32.5 Å². The Labute approximate surface area is 584 Å². The molecule has 2 rings (SSSR count). The molecule has 28 nitrogen and oxygen atoms in total. The lowest BCUT2D eigenvalue weighted by Crippen LogP contribution is -2.64. The molecular formula is C70H126N12O16. The molecule has 11 amide bonds. The van der Waals surface area contributed by atoms with Crippen LogP contribution in [0.4, 0.5) is 0 Å². The topological polar surface area (TPSA) is 336 Å². The van der Waals surface area contributed by atoms with Crippen molar-refractivity contribution in [1.29, 1.82) is 0 Å². The number of likely N-dealkylation sites (N-methyl/N-ethyl adjacent to an activating group) is 6. The van der Waals surface area contributed by atoms with Crippen LogP contribution in [0.25, 0.3) is 0 Å². The Kier molecular flexibility index (Phi) is 37.4. The molecule has 2 aliphatic heterocycles. The molecule has 2 saturated heterocycles. The smallest absolute Gasteiger partial charge is 0.305 e. The van der Waals surface area contributed by atoms with E-state index in [2.05, 4.69) is 31.5 Å². The van der Waals surface area contributed by atoms with E-state index in [1.54, 1.807) is 48.5 Å². The number of morpholine rings is 1. The molecule has 0 aromatic rings. The maximum Gasteiger partial charge on any atom is 0.305 e. The van der Waals surface area contributed by atoms with Crippen molar-refractivity contribution in [3.63, 3.8) is 0 Å². The van der Waals surface area contributed by atoms with Crippen molar-refractivity contribution in [1.82, 2.24) is 60.9 Å². The van der Waals surface area contributed by atoms with Crippen molar-refractivity contribution in [2.75, 3.05) is 88.9 Å². The largest absolute Gasteiger partial charge is 0.469 e. The van der Waals surface area contributed by atoms with E-state index >= 15 is 19.2 Å². The molecule has 0 unspecified atom stereocenters. The van der Waals surface area contributed by atoms with E-state index in [1.807, 2.05) is 41.5 Å². The Morgan fingerprint density at radius 3 is 1.52 bits per heavy atom. The van der Waals surface area contributed by atoms with Crippen molar-refractivity contribution in [3.05, 3.63) is 0 Å². The summed E-state index contributed by atoms with van der Waals surface area (Å²) in [5.74, 6) is -11.0. The third-order valence-electron chi connectivity index (χ3n) is 18.9. The zero-order valence-electron chi connectivity index (χ0n) is 63.5. The van der Waals surface area contributed by atoms with Gasteiger partial charge in [-0.1, -0.05) is 89.5 Å². The number of hydrogen-bond acceptors (Lipinski definition) is 17. The normalized spacial score (nSPS) is 26.8. The molecule has 2 aliphatic rings. The van der Waals surface area contributed by atoms with Crippen molar-refractivity contribution >= 4 is 70.9 Å². The number of ether oxygens (including phenoxy) is 3. The lowest BCUT2D eigenvalue weighted by Gasteiger charge is -2.40. The van der Waals surface area contributed by atoms with Gasteiger partial charge in [0.25, 0.3) is 0 Å². The average Bonchev–Trinajstić information content (AvgIpc) is 0.818. The van der Waals surface area contributed by atoms with Crippen LogP contribution in [-0.2, 0) is 71.7 Å². The molecule has 0 radical (unpaired) electrons. The fraction of sp³-hybridized carbons (Fsp3) is 0.829. The van der Waals surface area contributed by atoms with E-state index in [0.717, 1.165) is 35.9 Å². The Hall–Kier alpha value is -6.52. The van der Waals surface area contributed by atoms with Gasteiger partial charge >= 0.3 is 5.97 Å². The predicted molar refractivity (Wildman–Crippen MR) is 372 cm³/mol. The summed E-state index contributed by atoms with van der Waals surface area (Å²) < 4.78 is 16.6. The van der Waals surface area contributed by atoms with Crippen LogP contribution in [0.5, 0.6) is 0 Å². The van der Waals surface area contributed by atoms with Gasteiger partial charge in [0.1, 0.15) is 66.5 Å². The van der Waals surface area contributed by atoms with Crippen molar-refractivity contribution in [2.45, 2.75) is 254 Å². The Bertz CT molecular complexity index is 2640. The van der Waals surface area contributed by atoms with Crippen LogP contribution in [0.2, 0.25) is 0 Å². The molecule has 0 aromatic heterocycles. The van der Waals surface area contributed by atoms with E-state index < -0.39 is 167 Å². The minimum absolute atomic E-state index is 0.0456. The number of nitrogens with one attached hydrogen (secondary N) is 5. The van der Waals surface area contributed by atoms with Gasteiger partial charge in [0.15, 0.2) is 0 Å². The zero-order chi connectivity index (χ0) is 74.9. The standard InChI is InChI=1S/C70H126N12O16/c1-24-50-67(92)76(17)48(15)66(91)81(22)58(49(16)98-34-28-27-31-82-32-35-97-36-33-82)64(89)74-55(43(8)9)70(95)77(18)51(37-40(2)3)61(86)71-46(13)60(85)72-47(14)65(90)78(19)52(38-41(4)5)68(93)79(20)53(39-42(6)7)69(94)80(21)57(44(10)11)63(88)75-56(62(87)73-50)59(84)45(12)29-25-26-30-54(83)96-23/h40-53,55-59,84H,24-39H2,1-23H3,(H,71,86)(H,72,85)(H,73,87)(H,74,89)(H,75,88)/t45-,46+,47-,48-,49-,50+,51+,52+,53+,55+,56+,57+,58+,59-/m1/s1. The summed E-state index contributed by atoms with van der Waals surface area (Å²) in [5.41, 5.74) is 0. The number of esters is 1. The monoisotopic (exact) mass is 1390 g/mol. The molecular weight excluding hydrogens is 1260 g/mol. The molecule has 0 aromatic carbocycles. The summed E-state index contributed by atoms with van der Waals surface area (Å²) in [6.07, 6.45) is 0.240. The van der Waals surface area contributed by atoms with E-state index in [9.17, 15) is 43.5 Å². The maximum atomic E-state index is 15.2. The quantitative estimate of drug-likeness (QED) is 0.0632.